The first-order valence-corrected chi connectivity index (χ1v) is 10.1. The van der Waals surface area contributed by atoms with Gasteiger partial charge in [-0.25, -0.2) is 9.78 Å². The van der Waals surface area contributed by atoms with Crippen LogP contribution >= 0.6 is 0 Å². The third kappa shape index (κ3) is 4.63. The molecular weight excluding hydrogens is 394 g/mol. The minimum atomic E-state index is -0.567. The average molecular weight is 417 g/mol. The number of aromatic amines is 2. The highest BCUT2D eigenvalue weighted by Gasteiger charge is 2.11. The number of rotatable bonds is 6. The van der Waals surface area contributed by atoms with Crippen molar-refractivity contribution in [3.63, 3.8) is 0 Å². The summed E-state index contributed by atoms with van der Waals surface area (Å²) in [6.07, 6.45) is 3.76. The molecule has 1 amide bonds. The van der Waals surface area contributed by atoms with Crippen LogP contribution in [0.1, 0.15) is 24.0 Å². The minimum absolute atomic E-state index is 0.0899. The summed E-state index contributed by atoms with van der Waals surface area (Å²) in [5.41, 5.74) is 4.80. The number of ether oxygens (including phenoxy) is 1. The molecule has 0 aliphatic carbocycles. The van der Waals surface area contributed by atoms with Gasteiger partial charge in [-0.2, -0.15) is 0 Å². The van der Waals surface area contributed by atoms with Gasteiger partial charge in [-0.1, -0.05) is 19.1 Å². The second kappa shape index (κ2) is 8.83. The second-order valence-corrected chi connectivity index (χ2v) is 7.19. The standard InChI is InChI=1S/C23H23N5O3/c1-3-15-11-18(14(2)26-22(15)29)16-10-17(13-24-12-16)31-23(30)25-9-8-21-27-19-6-4-5-7-20(19)28-21/h4-7,10-13H,3,8-9H2,1-2H3,(H,25,30)(H,26,29)(H,27,28). The monoisotopic (exact) mass is 417 g/mol. The number of benzene rings is 1. The zero-order valence-corrected chi connectivity index (χ0v) is 17.4. The lowest BCUT2D eigenvalue weighted by atomic mass is 10.0. The number of amides is 1. The molecule has 0 unspecified atom stereocenters. The van der Waals surface area contributed by atoms with Crippen LogP contribution in [0.4, 0.5) is 4.79 Å². The van der Waals surface area contributed by atoms with E-state index in [0.29, 0.717) is 30.7 Å². The highest BCUT2D eigenvalue weighted by Crippen LogP contribution is 2.25. The van der Waals surface area contributed by atoms with Crippen LogP contribution in [-0.2, 0) is 12.8 Å². The van der Waals surface area contributed by atoms with Crippen molar-refractivity contribution in [2.45, 2.75) is 26.7 Å². The Bertz CT molecular complexity index is 1260. The molecule has 4 rings (SSSR count). The van der Waals surface area contributed by atoms with Gasteiger partial charge < -0.3 is 20.0 Å². The quantitative estimate of drug-likeness (QED) is 0.444. The van der Waals surface area contributed by atoms with Gasteiger partial charge in [0.2, 0.25) is 0 Å². The Kier molecular flexibility index (Phi) is 5.79. The van der Waals surface area contributed by atoms with E-state index in [1.165, 1.54) is 6.20 Å². The predicted molar refractivity (Wildman–Crippen MR) is 118 cm³/mol. The van der Waals surface area contributed by atoms with Gasteiger partial charge in [-0.05, 0) is 37.6 Å². The molecule has 158 valence electrons. The van der Waals surface area contributed by atoms with Crippen LogP contribution < -0.4 is 15.6 Å². The predicted octanol–water partition coefficient (Wildman–Crippen LogP) is 3.52. The number of H-pyrrole nitrogens is 2. The zero-order chi connectivity index (χ0) is 21.8. The number of aromatic nitrogens is 4. The Morgan fingerprint density at radius 1 is 1.16 bits per heavy atom. The number of para-hydroxylation sites is 2. The summed E-state index contributed by atoms with van der Waals surface area (Å²) in [6.45, 7) is 4.14. The number of imidazole rings is 1. The Morgan fingerprint density at radius 3 is 2.81 bits per heavy atom. The average Bonchev–Trinajstić information content (AvgIpc) is 3.17. The molecule has 0 saturated carbocycles. The molecule has 3 aromatic heterocycles. The molecule has 0 aliphatic rings. The molecule has 0 spiro atoms. The first kappa shape index (κ1) is 20.3. The molecule has 0 saturated heterocycles. The number of hydrogen-bond acceptors (Lipinski definition) is 5. The number of aryl methyl sites for hydroxylation is 2. The highest BCUT2D eigenvalue weighted by atomic mass is 16.6. The van der Waals surface area contributed by atoms with Gasteiger partial charge in [0.1, 0.15) is 5.82 Å². The number of fused-ring (bicyclic) bond motifs is 1. The van der Waals surface area contributed by atoms with E-state index in [-0.39, 0.29) is 5.56 Å². The van der Waals surface area contributed by atoms with Gasteiger partial charge in [0, 0.05) is 41.5 Å². The number of nitrogens with one attached hydrogen (secondary N) is 3. The maximum atomic E-state index is 12.2. The molecule has 8 nitrogen and oxygen atoms in total. The molecule has 3 N–H and O–H groups in total. The summed E-state index contributed by atoms with van der Waals surface area (Å²) in [7, 11) is 0. The van der Waals surface area contributed by atoms with Crippen molar-refractivity contribution in [3.8, 4) is 16.9 Å². The van der Waals surface area contributed by atoms with Crippen molar-refractivity contribution in [2.75, 3.05) is 6.54 Å². The number of nitrogens with zero attached hydrogens (tertiary/aromatic N) is 2. The summed E-state index contributed by atoms with van der Waals surface area (Å²) in [6, 6.07) is 11.3. The van der Waals surface area contributed by atoms with Gasteiger partial charge >= 0.3 is 6.09 Å². The lowest BCUT2D eigenvalue weighted by Crippen LogP contribution is -2.29. The van der Waals surface area contributed by atoms with E-state index in [2.05, 4.69) is 25.3 Å². The van der Waals surface area contributed by atoms with Crippen LogP contribution in [0.25, 0.3) is 22.2 Å². The molecule has 0 bridgehead atoms. The molecule has 0 atom stereocenters. The zero-order valence-electron chi connectivity index (χ0n) is 17.4. The van der Waals surface area contributed by atoms with E-state index in [4.69, 9.17) is 4.74 Å². The maximum Gasteiger partial charge on any atom is 0.412 e. The van der Waals surface area contributed by atoms with E-state index in [1.807, 2.05) is 44.2 Å². The van der Waals surface area contributed by atoms with E-state index >= 15 is 0 Å². The summed E-state index contributed by atoms with van der Waals surface area (Å²) in [4.78, 5) is 38.9. The number of carbonyl (C=O) groups is 1. The van der Waals surface area contributed by atoms with E-state index in [1.54, 1.807) is 12.3 Å². The van der Waals surface area contributed by atoms with Crippen molar-refractivity contribution in [1.29, 1.82) is 0 Å². The number of carbonyl (C=O) groups excluding carboxylic acids is 1. The van der Waals surface area contributed by atoms with Crippen LogP contribution in [0.15, 0.2) is 53.6 Å². The molecule has 8 heteroatoms. The molecule has 0 fully saturated rings. The fraction of sp³-hybridized carbons (Fsp3) is 0.217. The largest absolute Gasteiger partial charge is 0.412 e. The van der Waals surface area contributed by atoms with Crippen molar-refractivity contribution in [3.05, 3.63) is 76.2 Å². The highest BCUT2D eigenvalue weighted by molar-refractivity contribution is 5.75. The summed E-state index contributed by atoms with van der Waals surface area (Å²) in [5, 5.41) is 2.72. The van der Waals surface area contributed by atoms with Gasteiger partial charge in [0.05, 0.1) is 17.2 Å². The summed E-state index contributed by atoms with van der Waals surface area (Å²) >= 11 is 0. The first-order valence-electron chi connectivity index (χ1n) is 10.1. The molecule has 0 aliphatic heterocycles. The van der Waals surface area contributed by atoms with Gasteiger partial charge in [-0.3, -0.25) is 9.78 Å². The molecule has 1 aromatic carbocycles. The summed E-state index contributed by atoms with van der Waals surface area (Å²) in [5.74, 6) is 1.12. The van der Waals surface area contributed by atoms with Crippen molar-refractivity contribution >= 4 is 17.1 Å². The van der Waals surface area contributed by atoms with Crippen molar-refractivity contribution in [2.24, 2.45) is 0 Å². The van der Waals surface area contributed by atoms with E-state index in [0.717, 1.165) is 33.7 Å². The molecule has 31 heavy (non-hydrogen) atoms. The van der Waals surface area contributed by atoms with Crippen molar-refractivity contribution < 1.29 is 9.53 Å². The Morgan fingerprint density at radius 2 is 2.00 bits per heavy atom. The fourth-order valence-corrected chi connectivity index (χ4v) is 3.40. The molecule has 3 heterocycles. The van der Waals surface area contributed by atoms with Crippen molar-refractivity contribution in [1.82, 2.24) is 25.3 Å². The smallest absolute Gasteiger partial charge is 0.409 e. The first-order chi connectivity index (χ1) is 15.0. The van der Waals surface area contributed by atoms with Gasteiger partial charge in [0.25, 0.3) is 5.56 Å². The van der Waals surface area contributed by atoms with E-state index in [9.17, 15) is 9.59 Å². The van der Waals surface area contributed by atoms with Gasteiger partial charge in [0.15, 0.2) is 5.75 Å². The third-order valence-corrected chi connectivity index (χ3v) is 5.00. The Balaban J connectivity index is 1.39. The van der Waals surface area contributed by atoms with Crippen LogP contribution in [0.2, 0.25) is 0 Å². The molecule has 0 radical (unpaired) electrons. The Labute approximate surface area is 178 Å². The SMILES string of the molecule is CCc1cc(-c2cncc(OC(=O)NCCc3nc4ccccc4[nH]3)c2)c(C)[nH]c1=O. The fourth-order valence-electron chi connectivity index (χ4n) is 3.40. The maximum absolute atomic E-state index is 12.2. The number of pyridine rings is 2. The topological polar surface area (TPSA) is 113 Å². The minimum Gasteiger partial charge on any atom is -0.409 e. The third-order valence-electron chi connectivity index (χ3n) is 5.00. The lowest BCUT2D eigenvalue weighted by molar-refractivity contribution is 0.200. The van der Waals surface area contributed by atoms with Crippen LogP contribution in [0.5, 0.6) is 5.75 Å². The van der Waals surface area contributed by atoms with E-state index < -0.39 is 6.09 Å². The molecule has 4 aromatic rings. The van der Waals surface area contributed by atoms with Gasteiger partial charge in [-0.15, -0.1) is 0 Å². The number of hydrogen-bond donors (Lipinski definition) is 3. The summed E-state index contributed by atoms with van der Waals surface area (Å²) < 4.78 is 5.38. The lowest BCUT2D eigenvalue weighted by Gasteiger charge is -2.10. The normalized spacial score (nSPS) is 10.9. The molecular formula is C23H23N5O3. The second-order valence-electron chi connectivity index (χ2n) is 7.19. The van der Waals surface area contributed by atoms with Crippen LogP contribution in [0, 0.1) is 6.92 Å². The van der Waals surface area contributed by atoms with Crippen LogP contribution in [0.3, 0.4) is 0 Å². The Hall–Kier alpha value is -3.94. The van der Waals surface area contributed by atoms with Crippen LogP contribution in [-0.4, -0.2) is 32.6 Å².